The summed E-state index contributed by atoms with van der Waals surface area (Å²) in [5, 5.41) is 0. The van der Waals surface area contributed by atoms with E-state index in [2.05, 4.69) is 12.1 Å². The molecule has 0 aliphatic carbocycles. The molecule has 92 valence electrons. The van der Waals surface area contributed by atoms with Crippen molar-refractivity contribution in [3.63, 3.8) is 0 Å². The Morgan fingerprint density at radius 1 is 1.06 bits per heavy atom. The van der Waals surface area contributed by atoms with Crippen LogP contribution in [0.25, 0.3) is 0 Å². The molecule has 0 aliphatic rings. The summed E-state index contributed by atoms with van der Waals surface area (Å²) < 4.78 is 6.07. The van der Waals surface area contributed by atoms with Gasteiger partial charge >= 0.3 is 0 Å². The first kappa shape index (κ1) is 13.1. The molecule has 2 rings (SSSR count). The van der Waals surface area contributed by atoms with E-state index in [1.165, 1.54) is 5.56 Å². The van der Waals surface area contributed by atoms with Gasteiger partial charge in [-0.25, -0.2) is 0 Å². The van der Waals surface area contributed by atoms with Crippen molar-refractivity contribution in [2.45, 2.75) is 5.75 Å². The highest BCUT2D eigenvalue weighted by atomic mass is 32.2. The molecule has 0 atom stereocenters. The molecule has 0 heterocycles. The Morgan fingerprint density at radius 2 is 1.72 bits per heavy atom. The summed E-state index contributed by atoms with van der Waals surface area (Å²) in [7, 11) is 1.67. The Morgan fingerprint density at radius 3 is 2.33 bits per heavy atom. The lowest BCUT2D eigenvalue weighted by Gasteiger charge is -2.05. The molecule has 18 heavy (non-hydrogen) atoms. The van der Waals surface area contributed by atoms with Crippen LogP contribution in [0.2, 0.25) is 0 Å². The minimum atomic E-state index is 0.884. The Kier molecular flexibility index (Phi) is 4.79. The fraction of sp³-hybridized carbons (Fsp3) is 0.133. The Labute approximate surface area is 117 Å². The summed E-state index contributed by atoms with van der Waals surface area (Å²) in [6.45, 7) is 0. The van der Waals surface area contributed by atoms with Gasteiger partial charge in [0.25, 0.3) is 0 Å². The molecule has 0 amide bonds. The van der Waals surface area contributed by atoms with Crippen LogP contribution in [0.1, 0.15) is 11.1 Å². The van der Waals surface area contributed by atoms with Crippen LogP contribution < -0.4 is 4.74 Å². The van der Waals surface area contributed by atoms with Crippen molar-refractivity contribution >= 4 is 28.2 Å². The van der Waals surface area contributed by atoms with E-state index in [1.54, 1.807) is 18.9 Å². The van der Waals surface area contributed by atoms with Crippen molar-refractivity contribution < 1.29 is 4.74 Å². The van der Waals surface area contributed by atoms with E-state index in [0.29, 0.717) is 0 Å². The molecule has 0 spiro atoms. The molecule has 0 saturated carbocycles. The van der Waals surface area contributed by atoms with Gasteiger partial charge in [-0.3, -0.25) is 0 Å². The topological polar surface area (TPSA) is 9.23 Å². The zero-order chi connectivity index (χ0) is 12.8. The minimum absolute atomic E-state index is 0.884. The van der Waals surface area contributed by atoms with E-state index in [0.717, 1.165) is 21.3 Å². The number of thioether (sulfide) groups is 1. The number of ether oxygens (including phenoxy) is 1. The van der Waals surface area contributed by atoms with Gasteiger partial charge in [0.05, 0.1) is 11.3 Å². The predicted molar refractivity (Wildman–Crippen MR) is 82.4 cm³/mol. The van der Waals surface area contributed by atoms with E-state index in [9.17, 15) is 0 Å². The van der Waals surface area contributed by atoms with Gasteiger partial charge in [0.15, 0.2) is 0 Å². The van der Waals surface area contributed by atoms with Gasteiger partial charge in [-0.15, -0.1) is 11.8 Å². The number of thiocarbonyl (C=S) groups is 1. The maximum Gasteiger partial charge on any atom is 0.118 e. The van der Waals surface area contributed by atoms with Gasteiger partial charge in [-0.1, -0.05) is 54.7 Å². The highest BCUT2D eigenvalue weighted by Gasteiger charge is 2.02. The Balaban J connectivity index is 1.93. The molecular formula is C15H14OS2. The smallest absolute Gasteiger partial charge is 0.118 e. The first-order chi connectivity index (χ1) is 8.79. The van der Waals surface area contributed by atoms with Crippen LogP contribution in [0, 0.1) is 0 Å². The third-order valence-electron chi connectivity index (χ3n) is 2.54. The van der Waals surface area contributed by atoms with Crippen LogP contribution in [0.3, 0.4) is 0 Å². The maximum absolute atomic E-state index is 5.41. The minimum Gasteiger partial charge on any atom is -0.497 e. The molecular weight excluding hydrogens is 260 g/mol. The van der Waals surface area contributed by atoms with Gasteiger partial charge in [0.1, 0.15) is 5.75 Å². The molecule has 0 aromatic heterocycles. The second-order valence-electron chi connectivity index (χ2n) is 3.79. The zero-order valence-electron chi connectivity index (χ0n) is 10.1. The molecule has 2 aromatic rings. The monoisotopic (exact) mass is 274 g/mol. The molecule has 3 heteroatoms. The maximum atomic E-state index is 5.41. The number of benzene rings is 2. The average molecular weight is 274 g/mol. The predicted octanol–water partition coefficient (Wildman–Crippen LogP) is 4.30. The normalized spacial score (nSPS) is 10.1. The molecule has 1 nitrogen and oxygen atoms in total. The third-order valence-corrected chi connectivity index (χ3v) is 4.10. The molecule has 2 aromatic carbocycles. The standard InChI is InChI=1S/C15H14OS2/c1-16-14-9-7-12(8-10-14)11-18-15(17)13-5-3-2-4-6-13/h2-10H,11H2,1H3. The fourth-order valence-corrected chi connectivity index (χ4v) is 2.63. The van der Waals surface area contributed by atoms with Crippen LogP contribution in [-0.4, -0.2) is 11.3 Å². The quantitative estimate of drug-likeness (QED) is 0.769. The van der Waals surface area contributed by atoms with Crippen molar-refractivity contribution in [1.29, 1.82) is 0 Å². The molecule has 0 aliphatic heterocycles. The zero-order valence-corrected chi connectivity index (χ0v) is 11.8. The van der Waals surface area contributed by atoms with Crippen LogP contribution in [0.4, 0.5) is 0 Å². The van der Waals surface area contributed by atoms with Gasteiger partial charge in [0, 0.05) is 5.75 Å². The Bertz CT molecular complexity index is 506. The lowest BCUT2D eigenvalue weighted by atomic mass is 10.2. The Hall–Kier alpha value is -1.32. The van der Waals surface area contributed by atoms with Crippen LogP contribution in [0.15, 0.2) is 54.6 Å². The van der Waals surface area contributed by atoms with E-state index >= 15 is 0 Å². The lowest BCUT2D eigenvalue weighted by Crippen LogP contribution is -1.92. The molecule has 0 N–H and O–H groups in total. The summed E-state index contributed by atoms with van der Waals surface area (Å²) in [6.07, 6.45) is 0. The van der Waals surface area contributed by atoms with Crippen molar-refractivity contribution in [3.05, 3.63) is 65.7 Å². The van der Waals surface area contributed by atoms with E-state index < -0.39 is 0 Å². The highest BCUT2D eigenvalue weighted by molar-refractivity contribution is 8.23. The van der Waals surface area contributed by atoms with Crippen molar-refractivity contribution in [2.75, 3.05) is 7.11 Å². The number of rotatable bonds is 4. The molecule has 0 fully saturated rings. The molecule has 0 unspecified atom stereocenters. The first-order valence-electron chi connectivity index (χ1n) is 5.64. The van der Waals surface area contributed by atoms with Gasteiger partial charge in [-0.2, -0.15) is 0 Å². The summed E-state index contributed by atoms with van der Waals surface area (Å²) >= 11 is 7.09. The fourth-order valence-electron chi connectivity index (χ4n) is 1.53. The second kappa shape index (κ2) is 6.57. The number of methoxy groups -OCH3 is 1. The number of hydrogen-bond donors (Lipinski definition) is 0. The van der Waals surface area contributed by atoms with Crippen molar-refractivity contribution in [3.8, 4) is 5.75 Å². The molecule has 0 saturated heterocycles. The number of hydrogen-bond acceptors (Lipinski definition) is 3. The summed E-state index contributed by atoms with van der Waals surface area (Å²) in [4.78, 5) is 0. The van der Waals surface area contributed by atoms with Crippen LogP contribution in [-0.2, 0) is 5.75 Å². The van der Waals surface area contributed by atoms with E-state index in [1.807, 2.05) is 42.5 Å². The first-order valence-corrected chi connectivity index (χ1v) is 7.04. The summed E-state index contributed by atoms with van der Waals surface area (Å²) in [5.41, 5.74) is 2.37. The highest BCUT2D eigenvalue weighted by Crippen LogP contribution is 2.20. The van der Waals surface area contributed by atoms with Crippen LogP contribution in [0.5, 0.6) is 5.75 Å². The average Bonchev–Trinajstić information content (AvgIpc) is 2.46. The lowest BCUT2D eigenvalue weighted by molar-refractivity contribution is 0.414. The second-order valence-corrected chi connectivity index (χ2v) is 5.44. The van der Waals surface area contributed by atoms with Gasteiger partial charge in [-0.05, 0) is 23.3 Å². The molecule has 0 radical (unpaired) electrons. The SMILES string of the molecule is COc1ccc(CSC(=S)c2ccccc2)cc1. The summed E-state index contributed by atoms with van der Waals surface area (Å²) in [5.74, 6) is 1.77. The van der Waals surface area contributed by atoms with E-state index in [4.69, 9.17) is 17.0 Å². The van der Waals surface area contributed by atoms with Gasteiger partial charge < -0.3 is 4.74 Å². The van der Waals surface area contributed by atoms with E-state index in [-0.39, 0.29) is 0 Å². The summed E-state index contributed by atoms with van der Waals surface area (Å²) in [6, 6.07) is 18.2. The van der Waals surface area contributed by atoms with Crippen molar-refractivity contribution in [2.24, 2.45) is 0 Å². The van der Waals surface area contributed by atoms with Gasteiger partial charge in [0.2, 0.25) is 0 Å². The molecule has 0 bridgehead atoms. The largest absolute Gasteiger partial charge is 0.497 e. The van der Waals surface area contributed by atoms with Crippen molar-refractivity contribution in [1.82, 2.24) is 0 Å². The van der Waals surface area contributed by atoms with Crippen LogP contribution >= 0.6 is 24.0 Å². The third kappa shape index (κ3) is 3.59.